The predicted molar refractivity (Wildman–Crippen MR) is 55.5 cm³/mol. The highest BCUT2D eigenvalue weighted by Crippen LogP contribution is 2.31. The zero-order valence-corrected chi connectivity index (χ0v) is 9.15. The quantitative estimate of drug-likeness (QED) is 0.640. The Balaban J connectivity index is 2.07. The maximum atomic E-state index is 11.6. The van der Waals surface area contributed by atoms with Gasteiger partial charge in [-0.2, -0.15) is 0 Å². The number of rotatable bonds is 1. The van der Waals surface area contributed by atoms with Gasteiger partial charge in [0.25, 0.3) is 0 Å². The molecule has 0 aromatic rings. The molecule has 2 rings (SSSR count). The zero-order valence-electron chi connectivity index (χ0n) is 9.15. The van der Waals surface area contributed by atoms with Crippen LogP contribution in [-0.2, 0) is 4.79 Å². The molecule has 4 nitrogen and oxygen atoms in total. The van der Waals surface area contributed by atoms with E-state index in [1.807, 2.05) is 0 Å². The molecule has 1 aliphatic heterocycles. The Hall–Kier alpha value is -0.450. The number of carbonyl (C=O) groups is 1. The summed E-state index contributed by atoms with van der Waals surface area (Å²) in [5.74, 6) is -0.418. The molecule has 15 heavy (non-hydrogen) atoms. The Morgan fingerprint density at radius 2 is 1.93 bits per heavy atom. The smallest absolute Gasteiger partial charge is 0.194 e. The van der Waals surface area contributed by atoms with Gasteiger partial charge in [0, 0.05) is 12.5 Å². The molecule has 3 unspecified atom stereocenters. The SMILES string of the molecule is CC1(O)CC(N2CCCCC2)C(O)C1=O. The van der Waals surface area contributed by atoms with E-state index in [1.54, 1.807) is 0 Å². The summed E-state index contributed by atoms with van der Waals surface area (Å²) in [6, 6.07) is -0.173. The van der Waals surface area contributed by atoms with Gasteiger partial charge in [0.2, 0.25) is 0 Å². The normalized spacial score (nSPS) is 43.5. The molecule has 0 bridgehead atoms. The van der Waals surface area contributed by atoms with E-state index in [1.165, 1.54) is 13.3 Å². The maximum Gasteiger partial charge on any atom is 0.194 e. The van der Waals surface area contributed by atoms with Crippen LogP contribution in [0.2, 0.25) is 0 Å². The largest absolute Gasteiger partial charge is 0.384 e. The predicted octanol–water partition coefficient (Wildman–Crippen LogP) is -0.0744. The molecule has 1 saturated carbocycles. The van der Waals surface area contributed by atoms with Gasteiger partial charge in [0.15, 0.2) is 5.78 Å². The van der Waals surface area contributed by atoms with Crippen molar-refractivity contribution < 1.29 is 15.0 Å². The van der Waals surface area contributed by atoms with Crippen LogP contribution in [0.4, 0.5) is 0 Å². The summed E-state index contributed by atoms with van der Waals surface area (Å²) in [5.41, 5.74) is -1.33. The van der Waals surface area contributed by atoms with E-state index in [9.17, 15) is 15.0 Å². The molecule has 2 aliphatic rings. The lowest BCUT2D eigenvalue weighted by Crippen LogP contribution is -2.44. The highest BCUT2D eigenvalue weighted by atomic mass is 16.3. The molecule has 0 spiro atoms. The summed E-state index contributed by atoms with van der Waals surface area (Å²) in [7, 11) is 0. The van der Waals surface area contributed by atoms with Gasteiger partial charge in [0.05, 0.1) is 0 Å². The highest BCUT2D eigenvalue weighted by molar-refractivity contribution is 5.93. The third-order valence-corrected chi connectivity index (χ3v) is 3.63. The number of hydrogen-bond acceptors (Lipinski definition) is 4. The fourth-order valence-corrected chi connectivity index (χ4v) is 2.69. The van der Waals surface area contributed by atoms with Crippen molar-refractivity contribution in [2.45, 2.75) is 50.4 Å². The lowest BCUT2D eigenvalue weighted by molar-refractivity contribution is -0.138. The van der Waals surface area contributed by atoms with Crippen molar-refractivity contribution >= 4 is 5.78 Å². The van der Waals surface area contributed by atoms with Crippen molar-refractivity contribution in [1.29, 1.82) is 0 Å². The second kappa shape index (κ2) is 3.85. The van der Waals surface area contributed by atoms with Gasteiger partial charge in [-0.05, 0) is 32.9 Å². The van der Waals surface area contributed by atoms with E-state index in [-0.39, 0.29) is 6.04 Å². The van der Waals surface area contributed by atoms with E-state index in [4.69, 9.17) is 0 Å². The monoisotopic (exact) mass is 213 g/mol. The molecule has 3 atom stereocenters. The van der Waals surface area contributed by atoms with Crippen LogP contribution in [-0.4, -0.2) is 51.7 Å². The van der Waals surface area contributed by atoms with Gasteiger partial charge in [-0.1, -0.05) is 6.42 Å². The van der Waals surface area contributed by atoms with Crippen molar-refractivity contribution in [3.05, 3.63) is 0 Å². The molecular formula is C11H19NO3. The number of carbonyl (C=O) groups excluding carboxylic acids is 1. The van der Waals surface area contributed by atoms with Crippen molar-refractivity contribution in [2.75, 3.05) is 13.1 Å². The molecular weight excluding hydrogens is 194 g/mol. The standard InChI is InChI=1S/C11H19NO3/c1-11(15)7-8(9(13)10(11)14)12-5-3-2-4-6-12/h8-9,13,15H,2-7H2,1H3. The number of Topliss-reactive ketones (excluding diaryl/α,β-unsaturated/α-hetero) is 1. The summed E-state index contributed by atoms with van der Waals surface area (Å²) >= 11 is 0. The molecule has 1 aliphatic carbocycles. The van der Waals surface area contributed by atoms with E-state index < -0.39 is 17.5 Å². The van der Waals surface area contributed by atoms with Gasteiger partial charge >= 0.3 is 0 Å². The first-order valence-electron chi connectivity index (χ1n) is 5.71. The van der Waals surface area contributed by atoms with E-state index in [0.717, 1.165) is 25.9 Å². The molecule has 0 amide bonds. The Kier molecular flexibility index (Phi) is 2.83. The topological polar surface area (TPSA) is 60.8 Å². The van der Waals surface area contributed by atoms with Crippen LogP contribution < -0.4 is 0 Å². The fourth-order valence-electron chi connectivity index (χ4n) is 2.69. The van der Waals surface area contributed by atoms with Crippen LogP contribution >= 0.6 is 0 Å². The fraction of sp³-hybridized carbons (Fsp3) is 0.909. The molecule has 0 aromatic heterocycles. The summed E-state index contributed by atoms with van der Waals surface area (Å²) in [4.78, 5) is 13.7. The van der Waals surface area contributed by atoms with Crippen LogP contribution in [0, 0.1) is 0 Å². The average Bonchev–Trinajstić information content (AvgIpc) is 2.44. The molecule has 1 heterocycles. The van der Waals surface area contributed by atoms with Gasteiger partial charge in [-0.3, -0.25) is 9.69 Å². The first-order chi connectivity index (χ1) is 7.02. The second-order valence-corrected chi connectivity index (χ2v) is 4.95. The third-order valence-electron chi connectivity index (χ3n) is 3.63. The summed E-state index contributed by atoms with van der Waals surface area (Å²) in [5, 5.41) is 19.6. The first-order valence-corrected chi connectivity index (χ1v) is 5.71. The number of ketones is 1. The number of likely N-dealkylation sites (tertiary alicyclic amines) is 1. The van der Waals surface area contributed by atoms with Crippen molar-refractivity contribution in [1.82, 2.24) is 4.90 Å². The highest BCUT2D eigenvalue weighted by Gasteiger charge is 2.50. The average molecular weight is 213 g/mol. The van der Waals surface area contributed by atoms with Crippen molar-refractivity contribution in [2.24, 2.45) is 0 Å². The summed E-state index contributed by atoms with van der Waals surface area (Å²) in [6.45, 7) is 3.37. The number of aliphatic hydroxyl groups is 2. The third kappa shape index (κ3) is 1.94. The number of nitrogens with zero attached hydrogens (tertiary/aromatic N) is 1. The Bertz CT molecular complexity index is 259. The van der Waals surface area contributed by atoms with Crippen LogP contribution in [0.1, 0.15) is 32.6 Å². The molecule has 0 radical (unpaired) electrons. The minimum absolute atomic E-state index is 0.173. The first kappa shape index (κ1) is 11.0. The van der Waals surface area contributed by atoms with Crippen LogP contribution in [0.25, 0.3) is 0 Å². The second-order valence-electron chi connectivity index (χ2n) is 4.95. The Morgan fingerprint density at radius 3 is 2.40 bits per heavy atom. The van der Waals surface area contributed by atoms with Crippen LogP contribution in [0.15, 0.2) is 0 Å². The molecule has 2 fully saturated rings. The Morgan fingerprint density at radius 1 is 1.33 bits per heavy atom. The van der Waals surface area contributed by atoms with Gasteiger partial charge in [0.1, 0.15) is 11.7 Å². The van der Waals surface area contributed by atoms with Gasteiger partial charge in [-0.15, -0.1) is 0 Å². The van der Waals surface area contributed by atoms with E-state index in [0.29, 0.717) is 6.42 Å². The number of piperidine rings is 1. The lowest BCUT2D eigenvalue weighted by atomic mass is 10.0. The lowest BCUT2D eigenvalue weighted by Gasteiger charge is -2.33. The zero-order chi connectivity index (χ0) is 11.1. The number of aliphatic hydroxyl groups excluding tert-OH is 1. The molecule has 86 valence electrons. The maximum absolute atomic E-state index is 11.6. The van der Waals surface area contributed by atoms with Crippen LogP contribution in [0.5, 0.6) is 0 Å². The summed E-state index contributed by atoms with van der Waals surface area (Å²) in [6.07, 6.45) is 2.84. The minimum Gasteiger partial charge on any atom is -0.384 e. The summed E-state index contributed by atoms with van der Waals surface area (Å²) < 4.78 is 0. The van der Waals surface area contributed by atoms with Gasteiger partial charge < -0.3 is 10.2 Å². The number of hydrogen-bond donors (Lipinski definition) is 2. The van der Waals surface area contributed by atoms with Gasteiger partial charge in [-0.25, -0.2) is 0 Å². The van der Waals surface area contributed by atoms with Crippen molar-refractivity contribution in [3.63, 3.8) is 0 Å². The Labute approximate surface area is 89.9 Å². The van der Waals surface area contributed by atoms with E-state index in [2.05, 4.69) is 4.90 Å². The van der Waals surface area contributed by atoms with Crippen LogP contribution in [0.3, 0.4) is 0 Å². The molecule has 0 aromatic carbocycles. The van der Waals surface area contributed by atoms with E-state index >= 15 is 0 Å². The molecule has 4 heteroatoms. The van der Waals surface area contributed by atoms with Crippen molar-refractivity contribution in [3.8, 4) is 0 Å². The molecule has 1 saturated heterocycles. The minimum atomic E-state index is -1.33. The molecule has 2 N–H and O–H groups in total.